The third kappa shape index (κ3) is 7.77. The first-order valence-corrected chi connectivity index (χ1v) is 22.5. The van der Waals surface area contributed by atoms with Crippen LogP contribution in [0.4, 0.5) is 0 Å². The lowest BCUT2D eigenvalue weighted by Crippen LogP contribution is -2.56. The van der Waals surface area contributed by atoms with E-state index < -0.39 is 0 Å². The molecular weight excluding hydrogens is 737 g/mol. The predicted molar refractivity (Wildman–Crippen MR) is 255 cm³/mol. The van der Waals surface area contributed by atoms with Crippen molar-refractivity contribution in [2.75, 3.05) is 0 Å². The lowest BCUT2D eigenvalue weighted by molar-refractivity contribution is -0.725. The first-order valence-electron chi connectivity index (χ1n) is 22.5. The van der Waals surface area contributed by atoms with Crippen LogP contribution in [0.1, 0.15) is 74.8 Å². The average molecular weight is 795 g/mol. The van der Waals surface area contributed by atoms with Gasteiger partial charge in [-0.15, -0.1) is 0 Å². The molecule has 1 aliphatic heterocycles. The molecule has 0 fully saturated rings. The van der Waals surface area contributed by atoms with Gasteiger partial charge >= 0.3 is 0 Å². The van der Waals surface area contributed by atoms with Crippen LogP contribution in [-0.4, -0.2) is 0 Å². The maximum atomic E-state index is 2.67. The summed E-state index contributed by atoms with van der Waals surface area (Å²) in [4.78, 5) is 0. The van der Waals surface area contributed by atoms with Crippen molar-refractivity contribution in [3.8, 4) is 67.0 Å². The molecule has 0 amide bonds. The molecule has 9 rings (SSSR count). The summed E-state index contributed by atoms with van der Waals surface area (Å²) in [6.07, 6.45) is 11.3. The molecule has 1 aliphatic rings. The van der Waals surface area contributed by atoms with E-state index in [0.29, 0.717) is 6.04 Å². The predicted octanol–water partition coefficient (Wildman–Crippen LogP) is 14.3. The number of nitrogens with zero attached hydrogens (tertiary/aromatic N) is 2. The fourth-order valence-electron chi connectivity index (χ4n) is 10.2. The number of aromatic nitrogens is 2. The minimum atomic E-state index is -0.0921. The standard InChI is InChI=1S/C59H58N2/c1-6-9-19-43-28-31-56-53-26-16-17-27-55(53)59(8-3,58(7-2)61(56)41-43)40-49-30-29-48(39-54(49)57-34-42(4)32-33-60(57)5)46-24-18-25-47(35-46)52-37-50(44-20-12-10-13-21-44)36-51(38-52)45-22-14-11-15-23-45/h10-18,20-39,41,58H,6-9,19,40H2,1-5H3/q+2. The van der Waals surface area contributed by atoms with Gasteiger partial charge in [0.05, 0.1) is 11.0 Å². The van der Waals surface area contributed by atoms with Crippen molar-refractivity contribution >= 4 is 0 Å². The topological polar surface area (TPSA) is 7.76 Å². The molecule has 61 heavy (non-hydrogen) atoms. The van der Waals surface area contributed by atoms with Crippen LogP contribution in [0.15, 0.2) is 182 Å². The van der Waals surface area contributed by atoms with Gasteiger partial charge in [-0.3, -0.25) is 0 Å². The van der Waals surface area contributed by atoms with Gasteiger partial charge in [0.25, 0.3) is 0 Å². The second-order valence-corrected chi connectivity index (χ2v) is 17.3. The molecule has 8 aromatic rings. The van der Waals surface area contributed by atoms with Gasteiger partial charge in [-0.05, 0) is 136 Å². The lowest BCUT2D eigenvalue weighted by Gasteiger charge is -2.42. The summed E-state index contributed by atoms with van der Waals surface area (Å²) in [6, 6.07) is 63.9. The summed E-state index contributed by atoms with van der Waals surface area (Å²) in [5.74, 6) is 0. The Hall–Kier alpha value is -6.38. The molecule has 2 aromatic heterocycles. The molecule has 2 unspecified atom stereocenters. The minimum absolute atomic E-state index is 0.0921. The highest BCUT2D eigenvalue weighted by Gasteiger charge is 2.50. The normalized spacial score (nSPS) is 15.6. The van der Waals surface area contributed by atoms with Crippen LogP contribution in [0.25, 0.3) is 67.0 Å². The van der Waals surface area contributed by atoms with E-state index in [-0.39, 0.29) is 5.41 Å². The molecule has 0 aliphatic carbocycles. The summed E-state index contributed by atoms with van der Waals surface area (Å²) in [5, 5.41) is 0. The maximum Gasteiger partial charge on any atom is 0.213 e. The average Bonchev–Trinajstić information content (AvgIpc) is 3.32. The fourth-order valence-corrected chi connectivity index (χ4v) is 10.2. The molecule has 2 nitrogen and oxygen atoms in total. The quantitative estimate of drug-likeness (QED) is 0.109. The van der Waals surface area contributed by atoms with E-state index in [1.165, 1.54) is 102 Å². The van der Waals surface area contributed by atoms with Gasteiger partial charge < -0.3 is 0 Å². The highest BCUT2D eigenvalue weighted by atomic mass is 15.0. The molecular formula is C59H58N2+2. The second kappa shape index (κ2) is 17.3. The fraction of sp³-hybridized carbons (Fsp3) is 0.220. The van der Waals surface area contributed by atoms with Crippen LogP contribution < -0.4 is 9.13 Å². The largest absolute Gasteiger partial charge is 0.213 e. The number of unbranched alkanes of at least 4 members (excludes halogenated alkanes) is 1. The molecule has 2 atom stereocenters. The number of aryl methyl sites for hydroxylation is 3. The zero-order valence-corrected chi connectivity index (χ0v) is 36.5. The van der Waals surface area contributed by atoms with Gasteiger partial charge in [0.1, 0.15) is 7.05 Å². The Morgan fingerprint density at radius 3 is 1.80 bits per heavy atom. The van der Waals surface area contributed by atoms with Crippen molar-refractivity contribution in [1.82, 2.24) is 0 Å². The number of hydrogen-bond donors (Lipinski definition) is 0. The van der Waals surface area contributed by atoms with E-state index in [1.54, 1.807) is 0 Å². The van der Waals surface area contributed by atoms with Crippen molar-refractivity contribution in [3.63, 3.8) is 0 Å². The van der Waals surface area contributed by atoms with Crippen LogP contribution in [0, 0.1) is 6.92 Å². The molecule has 0 saturated carbocycles. The van der Waals surface area contributed by atoms with Gasteiger partial charge in [0, 0.05) is 35.7 Å². The second-order valence-electron chi connectivity index (χ2n) is 17.3. The lowest BCUT2D eigenvalue weighted by atomic mass is 9.63. The van der Waals surface area contributed by atoms with E-state index in [0.717, 1.165) is 25.7 Å². The number of benzene rings is 6. The Labute approximate surface area is 363 Å². The van der Waals surface area contributed by atoms with E-state index >= 15 is 0 Å². The van der Waals surface area contributed by atoms with E-state index in [2.05, 4.69) is 226 Å². The molecule has 0 N–H and O–H groups in total. The molecule has 0 radical (unpaired) electrons. The van der Waals surface area contributed by atoms with Crippen molar-refractivity contribution in [2.45, 2.75) is 77.7 Å². The van der Waals surface area contributed by atoms with Crippen LogP contribution in [0.2, 0.25) is 0 Å². The maximum absolute atomic E-state index is 2.67. The molecule has 302 valence electrons. The molecule has 0 bridgehead atoms. The summed E-state index contributed by atoms with van der Waals surface area (Å²) >= 11 is 0. The molecule has 3 heterocycles. The highest BCUT2D eigenvalue weighted by Crippen LogP contribution is 2.49. The zero-order valence-electron chi connectivity index (χ0n) is 36.5. The number of fused-ring (bicyclic) bond motifs is 3. The Morgan fingerprint density at radius 1 is 0.525 bits per heavy atom. The van der Waals surface area contributed by atoms with Gasteiger partial charge in [-0.2, -0.15) is 4.57 Å². The third-order valence-corrected chi connectivity index (χ3v) is 13.5. The Morgan fingerprint density at radius 2 is 1.13 bits per heavy atom. The SMILES string of the molecule is CCCCc1ccc2[n+](c1)C(CC)C(CC)(Cc1ccc(-c3cccc(-c4cc(-c5ccccc5)cc(-c5ccccc5)c4)c3)cc1-c1cc(C)cc[n+]1C)c1ccccc1-2. The van der Waals surface area contributed by atoms with Gasteiger partial charge in [0.15, 0.2) is 18.4 Å². The Kier molecular flexibility index (Phi) is 11.4. The highest BCUT2D eigenvalue weighted by molar-refractivity contribution is 5.83. The van der Waals surface area contributed by atoms with Crippen LogP contribution in [0.5, 0.6) is 0 Å². The third-order valence-electron chi connectivity index (χ3n) is 13.5. The van der Waals surface area contributed by atoms with Gasteiger partial charge in [-0.25, -0.2) is 4.57 Å². The van der Waals surface area contributed by atoms with E-state index in [1.807, 2.05) is 0 Å². The summed E-state index contributed by atoms with van der Waals surface area (Å²) in [6.45, 7) is 9.33. The first-order chi connectivity index (χ1) is 29.9. The van der Waals surface area contributed by atoms with Crippen LogP contribution in [-0.2, 0) is 25.3 Å². The van der Waals surface area contributed by atoms with Crippen molar-refractivity contribution < 1.29 is 9.13 Å². The van der Waals surface area contributed by atoms with Crippen molar-refractivity contribution in [3.05, 3.63) is 205 Å². The van der Waals surface area contributed by atoms with Gasteiger partial charge in [-0.1, -0.05) is 136 Å². The molecule has 0 spiro atoms. The summed E-state index contributed by atoms with van der Waals surface area (Å²) < 4.78 is 4.97. The summed E-state index contributed by atoms with van der Waals surface area (Å²) in [7, 11) is 2.19. The molecule has 2 heteroatoms. The smallest absolute Gasteiger partial charge is 0.201 e. The van der Waals surface area contributed by atoms with E-state index in [9.17, 15) is 0 Å². The van der Waals surface area contributed by atoms with E-state index in [4.69, 9.17) is 0 Å². The first kappa shape index (κ1) is 40.0. The van der Waals surface area contributed by atoms with Gasteiger partial charge in [0.2, 0.25) is 11.4 Å². The number of pyridine rings is 2. The molecule has 6 aromatic carbocycles. The van der Waals surface area contributed by atoms with Crippen molar-refractivity contribution in [2.24, 2.45) is 7.05 Å². The zero-order chi connectivity index (χ0) is 41.9. The Bertz CT molecular complexity index is 2760. The number of rotatable bonds is 12. The van der Waals surface area contributed by atoms with Crippen molar-refractivity contribution in [1.29, 1.82) is 0 Å². The van der Waals surface area contributed by atoms with Crippen LogP contribution >= 0.6 is 0 Å². The number of hydrogen-bond acceptors (Lipinski definition) is 0. The van der Waals surface area contributed by atoms with Crippen LogP contribution in [0.3, 0.4) is 0 Å². The Balaban J connectivity index is 1.17. The molecule has 0 saturated heterocycles. The monoisotopic (exact) mass is 794 g/mol. The summed E-state index contributed by atoms with van der Waals surface area (Å²) in [5.41, 5.74) is 20.5. The minimum Gasteiger partial charge on any atom is -0.201 e.